The number of hydrogen-bond donors (Lipinski definition) is 0. The van der Waals surface area contributed by atoms with Gasteiger partial charge in [0.2, 0.25) is 5.91 Å². The van der Waals surface area contributed by atoms with Gasteiger partial charge in [0, 0.05) is 31.4 Å². The Bertz CT molecular complexity index is 712. The van der Waals surface area contributed by atoms with Gasteiger partial charge in [-0.15, -0.1) is 0 Å². The summed E-state index contributed by atoms with van der Waals surface area (Å²) in [6, 6.07) is 14.0. The molecule has 138 valence electrons. The molecule has 1 fully saturated rings. The minimum Gasteiger partial charge on any atom is -0.497 e. The SMILES string of the molecule is COc1cccc(CN(C)C(=O)CN2CCC(c3ccccn3)CC2)c1. The van der Waals surface area contributed by atoms with Gasteiger partial charge >= 0.3 is 0 Å². The fourth-order valence-electron chi connectivity index (χ4n) is 3.45. The number of pyridine rings is 1. The number of nitrogens with zero attached hydrogens (tertiary/aromatic N) is 3. The lowest BCUT2D eigenvalue weighted by Gasteiger charge is -2.32. The Morgan fingerprint density at radius 2 is 2.04 bits per heavy atom. The molecule has 1 aromatic carbocycles. The van der Waals surface area contributed by atoms with E-state index in [2.05, 4.69) is 16.0 Å². The monoisotopic (exact) mass is 353 g/mol. The molecule has 0 saturated carbocycles. The van der Waals surface area contributed by atoms with Crippen molar-refractivity contribution in [3.05, 3.63) is 59.9 Å². The van der Waals surface area contributed by atoms with Crippen molar-refractivity contribution < 1.29 is 9.53 Å². The smallest absolute Gasteiger partial charge is 0.236 e. The van der Waals surface area contributed by atoms with Crippen LogP contribution in [-0.4, -0.2) is 54.5 Å². The number of benzene rings is 1. The number of likely N-dealkylation sites (tertiary alicyclic amines) is 1. The second kappa shape index (κ2) is 8.81. The number of carbonyl (C=O) groups excluding carboxylic acids is 1. The molecule has 1 amide bonds. The van der Waals surface area contributed by atoms with Crippen LogP contribution in [0.2, 0.25) is 0 Å². The summed E-state index contributed by atoms with van der Waals surface area (Å²) < 4.78 is 5.25. The molecule has 3 rings (SSSR count). The molecule has 0 aliphatic carbocycles. The predicted molar refractivity (Wildman–Crippen MR) is 102 cm³/mol. The van der Waals surface area contributed by atoms with E-state index in [0.29, 0.717) is 19.0 Å². The van der Waals surface area contributed by atoms with Crippen molar-refractivity contribution in [2.75, 3.05) is 33.8 Å². The molecule has 1 aromatic heterocycles. The van der Waals surface area contributed by atoms with E-state index in [9.17, 15) is 4.79 Å². The molecule has 0 spiro atoms. The van der Waals surface area contributed by atoms with E-state index < -0.39 is 0 Å². The normalized spacial score (nSPS) is 15.6. The van der Waals surface area contributed by atoms with Crippen LogP contribution >= 0.6 is 0 Å². The summed E-state index contributed by atoms with van der Waals surface area (Å²) in [5.41, 5.74) is 2.25. The molecular formula is C21H27N3O2. The van der Waals surface area contributed by atoms with E-state index in [1.807, 2.05) is 49.6 Å². The molecule has 1 saturated heterocycles. The zero-order chi connectivity index (χ0) is 18.4. The van der Waals surface area contributed by atoms with E-state index in [0.717, 1.165) is 37.2 Å². The summed E-state index contributed by atoms with van der Waals surface area (Å²) in [5.74, 6) is 1.49. The van der Waals surface area contributed by atoms with Gasteiger partial charge in [-0.25, -0.2) is 0 Å². The van der Waals surface area contributed by atoms with Crippen LogP contribution in [0.5, 0.6) is 5.75 Å². The molecule has 26 heavy (non-hydrogen) atoms. The highest BCUT2D eigenvalue weighted by Gasteiger charge is 2.23. The lowest BCUT2D eigenvalue weighted by Crippen LogP contribution is -2.41. The van der Waals surface area contributed by atoms with Crippen LogP contribution < -0.4 is 4.74 Å². The Balaban J connectivity index is 1.47. The predicted octanol–water partition coefficient (Wildman–Crippen LogP) is 2.93. The zero-order valence-corrected chi connectivity index (χ0v) is 15.6. The number of carbonyl (C=O) groups is 1. The molecule has 2 heterocycles. The molecule has 2 aromatic rings. The Kier molecular flexibility index (Phi) is 6.23. The second-order valence-corrected chi connectivity index (χ2v) is 6.91. The van der Waals surface area contributed by atoms with Gasteiger partial charge in [-0.3, -0.25) is 14.7 Å². The molecule has 0 radical (unpaired) electrons. The van der Waals surface area contributed by atoms with Crippen LogP contribution in [0.1, 0.15) is 30.0 Å². The minimum atomic E-state index is 0.157. The zero-order valence-electron chi connectivity index (χ0n) is 15.6. The number of methoxy groups -OCH3 is 1. The van der Waals surface area contributed by atoms with Crippen LogP contribution in [0.3, 0.4) is 0 Å². The highest BCUT2D eigenvalue weighted by Crippen LogP contribution is 2.26. The average molecular weight is 353 g/mol. The Morgan fingerprint density at radius 3 is 2.73 bits per heavy atom. The van der Waals surface area contributed by atoms with Crippen molar-refractivity contribution in [2.24, 2.45) is 0 Å². The average Bonchev–Trinajstić information content (AvgIpc) is 2.69. The second-order valence-electron chi connectivity index (χ2n) is 6.91. The number of hydrogen-bond acceptors (Lipinski definition) is 4. The molecule has 5 nitrogen and oxygen atoms in total. The highest BCUT2D eigenvalue weighted by molar-refractivity contribution is 5.78. The van der Waals surface area contributed by atoms with Crippen LogP contribution in [0, 0.1) is 0 Å². The fourth-order valence-corrected chi connectivity index (χ4v) is 3.45. The van der Waals surface area contributed by atoms with Crippen LogP contribution in [-0.2, 0) is 11.3 Å². The van der Waals surface area contributed by atoms with Gasteiger partial charge in [-0.2, -0.15) is 0 Å². The van der Waals surface area contributed by atoms with E-state index in [-0.39, 0.29) is 5.91 Å². The first kappa shape index (κ1) is 18.4. The summed E-state index contributed by atoms with van der Waals surface area (Å²) in [6.45, 7) is 2.97. The first-order valence-electron chi connectivity index (χ1n) is 9.16. The van der Waals surface area contributed by atoms with Gasteiger partial charge in [0.15, 0.2) is 0 Å². The molecule has 0 unspecified atom stereocenters. The first-order valence-corrected chi connectivity index (χ1v) is 9.16. The number of ether oxygens (including phenoxy) is 1. The van der Waals surface area contributed by atoms with Crippen molar-refractivity contribution in [3.63, 3.8) is 0 Å². The Hall–Kier alpha value is -2.40. The summed E-state index contributed by atoms with van der Waals surface area (Å²) in [7, 11) is 3.52. The maximum absolute atomic E-state index is 12.6. The largest absolute Gasteiger partial charge is 0.497 e. The number of rotatable bonds is 6. The number of aromatic nitrogens is 1. The van der Waals surface area contributed by atoms with Gasteiger partial charge in [-0.1, -0.05) is 18.2 Å². The maximum atomic E-state index is 12.6. The topological polar surface area (TPSA) is 45.7 Å². The van der Waals surface area contributed by atoms with Crippen molar-refractivity contribution in [3.8, 4) is 5.75 Å². The Morgan fingerprint density at radius 1 is 1.23 bits per heavy atom. The third kappa shape index (κ3) is 4.82. The summed E-state index contributed by atoms with van der Waals surface area (Å²) in [4.78, 5) is 21.1. The van der Waals surface area contributed by atoms with Gasteiger partial charge in [0.05, 0.1) is 13.7 Å². The quantitative estimate of drug-likeness (QED) is 0.801. The standard InChI is InChI=1S/C21H27N3O2/c1-23(15-17-6-5-7-19(14-17)26-2)21(25)16-24-12-9-18(10-13-24)20-8-3-4-11-22-20/h3-8,11,14,18H,9-10,12-13,15-16H2,1-2H3. The molecule has 0 atom stereocenters. The number of likely N-dealkylation sites (N-methyl/N-ethyl adjacent to an activating group) is 1. The minimum absolute atomic E-state index is 0.157. The maximum Gasteiger partial charge on any atom is 0.236 e. The summed E-state index contributed by atoms with van der Waals surface area (Å²) in [6.07, 6.45) is 3.98. The van der Waals surface area contributed by atoms with Gasteiger partial charge in [0.1, 0.15) is 5.75 Å². The van der Waals surface area contributed by atoms with Crippen LogP contribution in [0.15, 0.2) is 48.7 Å². The molecule has 1 aliphatic heterocycles. The van der Waals surface area contributed by atoms with E-state index in [4.69, 9.17) is 4.74 Å². The lowest BCUT2D eigenvalue weighted by molar-refractivity contribution is -0.131. The van der Waals surface area contributed by atoms with Crippen LogP contribution in [0.25, 0.3) is 0 Å². The molecule has 5 heteroatoms. The van der Waals surface area contributed by atoms with Gasteiger partial charge in [-0.05, 0) is 55.8 Å². The summed E-state index contributed by atoms with van der Waals surface area (Å²) >= 11 is 0. The van der Waals surface area contributed by atoms with E-state index in [1.54, 1.807) is 12.0 Å². The van der Waals surface area contributed by atoms with E-state index >= 15 is 0 Å². The lowest BCUT2D eigenvalue weighted by atomic mass is 9.93. The van der Waals surface area contributed by atoms with E-state index in [1.165, 1.54) is 5.69 Å². The van der Waals surface area contributed by atoms with Gasteiger partial charge < -0.3 is 9.64 Å². The van der Waals surface area contributed by atoms with Crippen molar-refractivity contribution in [2.45, 2.75) is 25.3 Å². The third-order valence-corrected chi connectivity index (χ3v) is 5.03. The molecule has 1 aliphatic rings. The first-order chi connectivity index (χ1) is 12.7. The highest BCUT2D eigenvalue weighted by atomic mass is 16.5. The number of amides is 1. The summed E-state index contributed by atoms with van der Waals surface area (Å²) in [5, 5.41) is 0. The molecule has 0 N–H and O–H groups in total. The van der Waals surface area contributed by atoms with Crippen molar-refractivity contribution in [1.82, 2.24) is 14.8 Å². The van der Waals surface area contributed by atoms with Gasteiger partial charge in [0.25, 0.3) is 0 Å². The van der Waals surface area contributed by atoms with Crippen molar-refractivity contribution >= 4 is 5.91 Å². The van der Waals surface area contributed by atoms with Crippen molar-refractivity contribution in [1.29, 1.82) is 0 Å². The Labute approximate surface area is 155 Å². The third-order valence-electron chi connectivity index (χ3n) is 5.03. The molecule has 0 bridgehead atoms. The fraction of sp³-hybridized carbons (Fsp3) is 0.429. The number of piperidine rings is 1. The molecular weight excluding hydrogens is 326 g/mol. The van der Waals surface area contributed by atoms with Crippen LogP contribution in [0.4, 0.5) is 0 Å².